The van der Waals surface area contributed by atoms with E-state index in [9.17, 15) is 4.79 Å². The van der Waals surface area contributed by atoms with Gasteiger partial charge >= 0.3 is 0 Å². The Morgan fingerprint density at radius 1 is 1.00 bits per heavy atom. The van der Waals surface area contributed by atoms with Crippen LogP contribution in [0.25, 0.3) is 0 Å². The molecule has 6 nitrogen and oxygen atoms in total. The van der Waals surface area contributed by atoms with Crippen LogP contribution >= 0.6 is 24.0 Å². The van der Waals surface area contributed by atoms with Gasteiger partial charge in [-0.05, 0) is 43.2 Å². The molecule has 3 N–H and O–H groups in total. The lowest BCUT2D eigenvalue weighted by atomic mass is 10.2. The lowest BCUT2D eigenvalue weighted by Gasteiger charge is -2.12. The molecule has 28 heavy (non-hydrogen) atoms. The first-order valence-corrected chi connectivity index (χ1v) is 9.21. The summed E-state index contributed by atoms with van der Waals surface area (Å²) in [6.07, 6.45) is 0.808. The van der Waals surface area contributed by atoms with Crippen molar-refractivity contribution in [3.8, 4) is 5.75 Å². The van der Waals surface area contributed by atoms with E-state index in [4.69, 9.17) is 4.74 Å². The molecule has 0 saturated heterocycles. The molecule has 0 radical (unpaired) electrons. The van der Waals surface area contributed by atoms with Crippen molar-refractivity contribution in [1.82, 2.24) is 16.0 Å². The van der Waals surface area contributed by atoms with Crippen molar-refractivity contribution in [1.29, 1.82) is 0 Å². The molecule has 0 aliphatic carbocycles. The highest BCUT2D eigenvalue weighted by atomic mass is 127. The molecule has 2 aromatic rings. The summed E-state index contributed by atoms with van der Waals surface area (Å²) in [4.78, 5) is 16.6. The Morgan fingerprint density at radius 3 is 2.46 bits per heavy atom. The highest BCUT2D eigenvalue weighted by Crippen LogP contribution is 2.13. The summed E-state index contributed by atoms with van der Waals surface area (Å²) in [6, 6.07) is 17.1. The van der Waals surface area contributed by atoms with Crippen molar-refractivity contribution in [2.45, 2.75) is 19.9 Å². The average molecular weight is 496 g/mol. The second-order valence-corrected chi connectivity index (χ2v) is 5.95. The van der Waals surface area contributed by atoms with Gasteiger partial charge in [0.1, 0.15) is 5.75 Å². The third kappa shape index (κ3) is 8.60. The highest BCUT2D eigenvalue weighted by Gasteiger charge is 2.03. The number of nitrogens with one attached hydrogen (secondary N) is 3. The van der Waals surface area contributed by atoms with Crippen LogP contribution in [-0.4, -0.2) is 38.6 Å². The van der Waals surface area contributed by atoms with Gasteiger partial charge in [-0.3, -0.25) is 4.79 Å². The van der Waals surface area contributed by atoms with Gasteiger partial charge in [-0.2, -0.15) is 0 Å². The van der Waals surface area contributed by atoms with Crippen LogP contribution in [0.1, 0.15) is 29.3 Å². The first-order chi connectivity index (χ1) is 13.2. The van der Waals surface area contributed by atoms with E-state index in [-0.39, 0.29) is 29.9 Å². The lowest BCUT2D eigenvalue weighted by Crippen LogP contribution is -2.38. The van der Waals surface area contributed by atoms with Crippen LogP contribution in [-0.2, 0) is 6.54 Å². The average Bonchev–Trinajstić information content (AvgIpc) is 2.72. The Morgan fingerprint density at radius 2 is 1.75 bits per heavy atom. The van der Waals surface area contributed by atoms with Gasteiger partial charge in [0.05, 0.1) is 13.7 Å². The molecule has 0 fully saturated rings. The topological polar surface area (TPSA) is 74.8 Å². The highest BCUT2D eigenvalue weighted by molar-refractivity contribution is 14.0. The van der Waals surface area contributed by atoms with E-state index in [2.05, 4.69) is 20.9 Å². The van der Waals surface area contributed by atoms with Crippen LogP contribution in [0.5, 0.6) is 5.75 Å². The van der Waals surface area contributed by atoms with Crippen molar-refractivity contribution in [2.75, 3.05) is 26.7 Å². The molecule has 0 heterocycles. The predicted octanol–water partition coefficient (Wildman–Crippen LogP) is 3.19. The molecule has 0 aliphatic heterocycles. The van der Waals surface area contributed by atoms with Crippen LogP contribution in [0.4, 0.5) is 0 Å². The minimum absolute atomic E-state index is 0. The molecule has 0 spiro atoms. The second kappa shape index (κ2) is 13.8. The Bertz CT molecular complexity index is 738. The summed E-state index contributed by atoms with van der Waals surface area (Å²) in [5.74, 6) is 1.54. The maximum absolute atomic E-state index is 12.0. The number of amides is 1. The molecule has 7 heteroatoms. The molecular weight excluding hydrogens is 467 g/mol. The Hall–Kier alpha value is -2.29. The summed E-state index contributed by atoms with van der Waals surface area (Å²) >= 11 is 0. The smallest absolute Gasteiger partial charge is 0.251 e. The molecular formula is C21H29IN4O2. The van der Waals surface area contributed by atoms with E-state index >= 15 is 0 Å². The largest absolute Gasteiger partial charge is 0.497 e. The number of carbonyl (C=O) groups is 1. The van der Waals surface area contributed by atoms with Gasteiger partial charge in [-0.15, -0.1) is 24.0 Å². The zero-order chi connectivity index (χ0) is 19.3. The van der Waals surface area contributed by atoms with Gasteiger partial charge in [0.25, 0.3) is 5.91 Å². The number of carbonyl (C=O) groups excluding carboxylic acids is 1. The third-order valence-corrected chi connectivity index (χ3v) is 3.87. The SMILES string of the molecule is CCNC(=NCc1cccc(OC)c1)NCCCNC(=O)c1ccccc1.I. The van der Waals surface area contributed by atoms with Crippen molar-refractivity contribution >= 4 is 35.8 Å². The van der Waals surface area contributed by atoms with E-state index < -0.39 is 0 Å². The minimum atomic E-state index is -0.0470. The number of aliphatic imine (C=N–C) groups is 1. The normalized spacial score (nSPS) is 10.6. The van der Waals surface area contributed by atoms with Crippen molar-refractivity contribution < 1.29 is 9.53 Å². The van der Waals surface area contributed by atoms with Gasteiger partial charge in [-0.25, -0.2) is 4.99 Å². The number of methoxy groups -OCH3 is 1. The van der Waals surface area contributed by atoms with Gasteiger partial charge < -0.3 is 20.7 Å². The number of guanidine groups is 1. The van der Waals surface area contributed by atoms with E-state index in [0.29, 0.717) is 18.7 Å². The summed E-state index contributed by atoms with van der Waals surface area (Å²) in [7, 11) is 1.66. The van der Waals surface area contributed by atoms with Gasteiger partial charge in [0.15, 0.2) is 5.96 Å². The number of nitrogens with zero attached hydrogens (tertiary/aromatic N) is 1. The van der Waals surface area contributed by atoms with E-state index in [0.717, 1.165) is 36.8 Å². The molecule has 1 amide bonds. The van der Waals surface area contributed by atoms with Gasteiger partial charge in [0.2, 0.25) is 0 Å². The standard InChI is InChI=1S/C21H28N4O2.HI/c1-3-22-21(25-16-17-9-7-12-19(15-17)27-2)24-14-8-13-23-20(26)18-10-5-4-6-11-18;/h4-7,9-12,15H,3,8,13-14,16H2,1-2H3,(H,23,26)(H2,22,24,25);1H. The van der Waals surface area contributed by atoms with Crippen LogP contribution in [0.15, 0.2) is 59.6 Å². The molecule has 0 aromatic heterocycles. The van der Waals surface area contributed by atoms with Gasteiger partial charge in [-0.1, -0.05) is 30.3 Å². The molecule has 2 rings (SSSR count). The van der Waals surface area contributed by atoms with E-state index in [1.54, 1.807) is 7.11 Å². The number of halogens is 1. The molecule has 2 aromatic carbocycles. The van der Waals surface area contributed by atoms with E-state index in [1.165, 1.54) is 0 Å². The molecule has 0 saturated carbocycles. The molecule has 152 valence electrons. The number of hydrogen-bond donors (Lipinski definition) is 3. The number of hydrogen-bond acceptors (Lipinski definition) is 3. The molecule has 0 bridgehead atoms. The fourth-order valence-corrected chi connectivity index (χ4v) is 2.47. The molecule has 0 aliphatic rings. The van der Waals surface area contributed by atoms with Crippen LogP contribution in [0.2, 0.25) is 0 Å². The molecule has 0 atom stereocenters. The fourth-order valence-electron chi connectivity index (χ4n) is 2.47. The van der Waals surface area contributed by atoms with Crippen LogP contribution in [0, 0.1) is 0 Å². The van der Waals surface area contributed by atoms with Crippen molar-refractivity contribution in [3.63, 3.8) is 0 Å². The first kappa shape index (κ1) is 23.7. The Kier molecular flexibility index (Phi) is 11.7. The second-order valence-electron chi connectivity index (χ2n) is 5.95. The summed E-state index contributed by atoms with van der Waals surface area (Å²) in [6.45, 7) is 4.71. The number of ether oxygens (including phenoxy) is 1. The minimum Gasteiger partial charge on any atom is -0.497 e. The Labute approximate surface area is 184 Å². The zero-order valence-corrected chi connectivity index (χ0v) is 18.7. The van der Waals surface area contributed by atoms with Crippen LogP contribution in [0.3, 0.4) is 0 Å². The fraction of sp³-hybridized carbons (Fsp3) is 0.333. The maximum atomic E-state index is 12.0. The monoisotopic (exact) mass is 496 g/mol. The number of benzene rings is 2. The quantitative estimate of drug-likeness (QED) is 0.216. The zero-order valence-electron chi connectivity index (χ0n) is 16.4. The summed E-state index contributed by atoms with van der Waals surface area (Å²) in [5, 5.41) is 9.44. The maximum Gasteiger partial charge on any atom is 0.251 e. The number of rotatable bonds is 9. The van der Waals surface area contributed by atoms with Gasteiger partial charge in [0, 0.05) is 25.2 Å². The summed E-state index contributed by atoms with van der Waals surface area (Å²) in [5.41, 5.74) is 1.76. The lowest BCUT2D eigenvalue weighted by molar-refractivity contribution is 0.0953. The first-order valence-electron chi connectivity index (χ1n) is 9.21. The summed E-state index contributed by atoms with van der Waals surface area (Å²) < 4.78 is 5.24. The molecule has 0 unspecified atom stereocenters. The Balaban J connectivity index is 0.00000392. The predicted molar refractivity (Wildman–Crippen MR) is 125 cm³/mol. The van der Waals surface area contributed by atoms with Crippen LogP contribution < -0.4 is 20.7 Å². The third-order valence-electron chi connectivity index (χ3n) is 3.87. The van der Waals surface area contributed by atoms with E-state index in [1.807, 2.05) is 61.5 Å². The van der Waals surface area contributed by atoms with Crippen molar-refractivity contribution in [2.24, 2.45) is 4.99 Å². The van der Waals surface area contributed by atoms with Crippen molar-refractivity contribution in [3.05, 3.63) is 65.7 Å².